The lowest BCUT2D eigenvalue weighted by atomic mass is 9.86. The van der Waals surface area contributed by atoms with Gasteiger partial charge in [0.15, 0.2) is 11.5 Å². The number of piperazine rings is 1. The van der Waals surface area contributed by atoms with Gasteiger partial charge in [-0.3, -0.25) is 10.1 Å². The summed E-state index contributed by atoms with van der Waals surface area (Å²) in [6.45, 7) is 15.6. The molecule has 6 heteroatoms. The van der Waals surface area contributed by atoms with Crippen LogP contribution in [0.25, 0.3) is 11.3 Å². The van der Waals surface area contributed by atoms with Crippen molar-refractivity contribution in [2.24, 2.45) is 11.8 Å². The molecule has 0 saturated carbocycles. The van der Waals surface area contributed by atoms with E-state index < -0.39 is 6.23 Å². The average molecular weight is 442 g/mol. The van der Waals surface area contributed by atoms with E-state index in [2.05, 4.69) is 71.1 Å². The molecule has 3 rings (SSSR count). The van der Waals surface area contributed by atoms with Crippen LogP contribution < -0.4 is 5.32 Å². The standard InChI is InChI=1S/C26H39N3O3/c1-16(2)12-20-15-29(22(13-17(3)4)24(30)27-20)25(31)21-14-23(32-28-21)18-8-10-19(11-9-18)26(5,6)7/h8-11,14,16-17,20,22,24,27,30H,12-13,15H2,1-7H3/t20-,22-,24?/m0/s1. The fourth-order valence-corrected chi connectivity index (χ4v) is 4.43. The summed E-state index contributed by atoms with van der Waals surface area (Å²) < 4.78 is 5.55. The van der Waals surface area contributed by atoms with Gasteiger partial charge in [-0.15, -0.1) is 0 Å². The number of hydrogen-bond donors (Lipinski definition) is 2. The fraction of sp³-hybridized carbons (Fsp3) is 0.615. The van der Waals surface area contributed by atoms with Gasteiger partial charge in [0.1, 0.15) is 6.23 Å². The summed E-state index contributed by atoms with van der Waals surface area (Å²) in [5.74, 6) is 1.20. The number of rotatable bonds is 6. The van der Waals surface area contributed by atoms with E-state index in [-0.39, 0.29) is 29.1 Å². The van der Waals surface area contributed by atoms with Crippen LogP contribution in [0.5, 0.6) is 0 Å². The first kappa shape index (κ1) is 24.5. The molecule has 0 spiro atoms. The molecule has 1 aromatic heterocycles. The molecule has 3 atom stereocenters. The van der Waals surface area contributed by atoms with Crippen molar-refractivity contribution in [3.05, 3.63) is 41.6 Å². The largest absolute Gasteiger partial charge is 0.376 e. The molecule has 176 valence electrons. The van der Waals surface area contributed by atoms with Crippen molar-refractivity contribution in [3.8, 4) is 11.3 Å². The van der Waals surface area contributed by atoms with E-state index in [1.54, 1.807) is 11.0 Å². The highest BCUT2D eigenvalue weighted by Gasteiger charge is 2.39. The van der Waals surface area contributed by atoms with E-state index in [9.17, 15) is 9.90 Å². The van der Waals surface area contributed by atoms with Gasteiger partial charge in [0.2, 0.25) is 0 Å². The summed E-state index contributed by atoms with van der Waals surface area (Å²) >= 11 is 0. The topological polar surface area (TPSA) is 78.6 Å². The minimum Gasteiger partial charge on any atom is -0.376 e. The van der Waals surface area contributed by atoms with Gasteiger partial charge < -0.3 is 14.5 Å². The van der Waals surface area contributed by atoms with E-state index in [1.165, 1.54) is 5.56 Å². The van der Waals surface area contributed by atoms with Gasteiger partial charge in [0.25, 0.3) is 5.91 Å². The van der Waals surface area contributed by atoms with E-state index >= 15 is 0 Å². The SMILES string of the molecule is CC(C)C[C@H]1CN(C(=O)c2cc(-c3ccc(C(C)(C)C)cc3)on2)[C@@H](CC(C)C)C(O)N1. The number of nitrogens with one attached hydrogen (secondary N) is 1. The lowest BCUT2D eigenvalue weighted by molar-refractivity contribution is -0.0248. The molecule has 1 aromatic carbocycles. The van der Waals surface area contributed by atoms with Crippen LogP contribution in [0.4, 0.5) is 0 Å². The van der Waals surface area contributed by atoms with Crippen LogP contribution >= 0.6 is 0 Å². The number of aliphatic hydroxyl groups excluding tert-OH is 1. The number of aliphatic hydroxyl groups is 1. The molecular weight excluding hydrogens is 402 g/mol. The van der Waals surface area contributed by atoms with Gasteiger partial charge in [-0.25, -0.2) is 0 Å². The second kappa shape index (κ2) is 9.75. The number of hydrogen-bond acceptors (Lipinski definition) is 5. The lowest BCUT2D eigenvalue weighted by Crippen LogP contribution is -2.64. The van der Waals surface area contributed by atoms with Crippen molar-refractivity contribution in [1.29, 1.82) is 0 Å². The number of carbonyl (C=O) groups is 1. The van der Waals surface area contributed by atoms with Crippen molar-refractivity contribution >= 4 is 5.91 Å². The van der Waals surface area contributed by atoms with E-state index in [4.69, 9.17) is 4.52 Å². The molecular formula is C26H39N3O3. The van der Waals surface area contributed by atoms with E-state index in [1.807, 2.05) is 12.1 Å². The van der Waals surface area contributed by atoms with Crippen molar-refractivity contribution in [1.82, 2.24) is 15.4 Å². The van der Waals surface area contributed by atoms with Gasteiger partial charge in [-0.1, -0.05) is 77.9 Å². The molecule has 2 aromatic rings. The molecule has 0 radical (unpaired) electrons. The second-order valence-corrected chi connectivity index (χ2v) is 11.0. The number of amides is 1. The maximum absolute atomic E-state index is 13.5. The number of nitrogens with zero attached hydrogens (tertiary/aromatic N) is 2. The highest BCUT2D eigenvalue weighted by molar-refractivity contribution is 5.93. The highest BCUT2D eigenvalue weighted by atomic mass is 16.5. The van der Waals surface area contributed by atoms with E-state index in [0.717, 1.165) is 12.0 Å². The Labute approximate surface area is 192 Å². The maximum Gasteiger partial charge on any atom is 0.276 e. The zero-order valence-corrected chi connectivity index (χ0v) is 20.6. The third kappa shape index (κ3) is 5.78. The summed E-state index contributed by atoms with van der Waals surface area (Å²) in [4.78, 5) is 15.3. The third-order valence-corrected chi connectivity index (χ3v) is 6.08. The Morgan fingerprint density at radius 2 is 1.78 bits per heavy atom. The summed E-state index contributed by atoms with van der Waals surface area (Å²) in [7, 11) is 0. The van der Waals surface area contributed by atoms with Crippen molar-refractivity contribution in [2.75, 3.05) is 6.54 Å². The number of benzene rings is 1. The summed E-state index contributed by atoms with van der Waals surface area (Å²) in [5, 5.41) is 18.2. The Balaban J connectivity index is 1.83. The molecule has 1 aliphatic rings. The van der Waals surface area contributed by atoms with Gasteiger partial charge in [0.05, 0.1) is 6.04 Å². The van der Waals surface area contributed by atoms with Crippen LogP contribution in [-0.4, -0.2) is 45.9 Å². The Bertz CT molecular complexity index is 896. The quantitative estimate of drug-likeness (QED) is 0.671. The minimum absolute atomic E-state index is 0.0497. The van der Waals surface area contributed by atoms with Crippen molar-refractivity contribution in [3.63, 3.8) is 0 Å². The molecule has 0 aliphatic carbocycles. The second-order valence-electron chi connectivity index (χ2n) is 11.0. The molecule has 1 fully saturated rings. The Morgan fingerprint density at radius 3 is 2.34 bits per heavy atom. The Hall–Kier alpha value is -2.18. The van der Waals surface area contributed by atoms with Crippen LogP contribution in [0.2, 0.25) is 0 Å². The predicted octanol–water partition coefficient (Wildman–Crippen LogP) is 4.83. The molecule has 1 unspecified atom stereocenters. The molecule has 6 nitrogen and oxygen atoms in total. The zero-order chi connectivity index (χ0) is 23.6. The zero-order valence-electron chi connectivity index (χ0n) is 20.6. The van der Waals surface area contributed by atoms with Gasteiger partial charge in [-0.2, -0.15) is 0 Å². The van der Waals surface area contributed by atoms with Gasteiger partial charge in [0, 0.05) is 24.2 Å². The molecule has 32 heavy (non-hydrogen) atoms. The van der Waals surface area contributed by atoms with E-state index in [0.29, 0.717) is 30.6 Å². The van der Waals surface area contributed by atoms with Crippen LogP contribution in [0.1, 0.15) is 77.4 Å². The first-order valence-electron chi connectivity index (χ1n) is 11.8. The van der Waals surface area contributed by atoms with Crippen LogP contribution in [-0.2, 0) is 5.41 Å². The first-order chi connectivity index (χ1) is 15.0. The summed E-state index contributed by atoms with van der Waals surface area (Å²) in [6, 6.07) is 9.65. The van der Waals surface area contributed by atoms with Crippen LogP contribution in [0.3, 0.4) is 0 Å². The smallest absolute Gasteiger partial charge is 0.276 e. The lowest BCUT2D eigenvalue weighted by Gasteiger charge is -2.44. The third-order valence-electron chi connectivity index (χ3n) is 6.08. The summed E-state index contributed by atoms with van der Waals surface area (Å²) in [6.07, 6.45) is 0.849. The maximum atomic E-state index is 13.5. The average Bonchev–Trinajstić information content (AvgIpc) is 3.18. The van der Waals surface area contributed by atoms with Gasteiger partial charge >= 0.3 is 0 Å². The predicted molar refractivity (Wildman–Crippen MR) is 127 cm³/mol. The molecule has 1 aliphatic heterocycles. The van der Waals surface area contributed by atoms with Gasteiger partial charge in [-0.05, 0) is 35.7 Å². The molecule has 1 saturated heterocycles. The van der Waals surface area contributed by atoms with Crippen LogP contribution in [0, 0.1) is 11.8 Å². The fourth-order valence-electron chi connectivity index (χ4n) is 4.43. The molecule has 0 bridgehead atoms. The van der Waals surface area contributed by atoms with Crippen molar-refractivity contribution in [2.45, 2.75) is 85.0 Å². The first-order valence-corrected chi connectivity index (χ1v) is 11.8. The number of aromatic nitrogens is 1. The number of carbonyl (C=O) groups excluding carboxylic acids is 1. The Morgan fingerprint density at radius 1 is 1.16 bits per heavy atom. The monoisotopic (exact) mass is 441 g/mol. The Kier molecular flexibility index (Phi) is 7.46. The molecule has 2 N–H and O–H groups in total. The highest BCUT2D eigenvalue weighted by Crippen LogP contribution is 2.28. The van der Waals surface area contributed by atoms with Crippen LogP contribution in [0.15, 0.2) is 34.9 Å². The molecule has 2 heterocycles. The summed E-state index contributed by atoms with van der Waals surface area (Å²) in [5.41, 5.74) is 2.48. The normalized spacial score (nSPS) is 22.1. The van der Waals surface area contributed by atoms with Crippen molar-refractivity contribution < 1.29 is 14.4 Å². The molecule has 1 amide bonds. The minimum atomic E-state index is -0.754.